The summed E-state index contributed by atoms with van der Waals surface area (Å²) in [7, 11) is -2.92. The van der Waals surface area contributed by atoms with Crippen molar-refractivity contribution in [2.45, 2.75) is 31.4 Å². The van der Waals surface area contributed by atoms with E-state index in [-0.39, 0.29) is 29.6 Å². The number of anilines is 1. The van der Waals surface area contributed by atoms with Gasteiger partial charge in [-0.15, -0.1) is 0 Å². The molecule has 23 heavy (non-hydrogen) atoms. The molecule has 2 fully saturated rings. The van der Waals surface area contributed by atoms with Gasteiger partial charge in [0.15, 0.2) is 9.84 Å². The van der Waals surface area contributed by atoms with Gasteiger partial charge in [0.1, 0.15) is 5.82 Å². The van der Waals surface area contributed by atoms with E-state index >= 15 is 0 Å². The summed E-state index contributed by atoms with van der Waals surface area (Å²) in [6.07, 6.45) is 4.21. The Balaban J connectivity index is 1.51. The van der Waals surface area contributed by atoms with Crippen molar-refractivity contribution in [3.05, 3.63) is 23.9 Å². The Bertz CT molecular complexity index is 654. The summed E-state index contributed by atoms with van der Waals surface area (Å²) in [4.78, 5) is 16.2. The van der Waals surface area contributed by atoms with Crippen molar-refractivity contribution in [1.29, 1.82) is 0 Å². The van der Waals surface area contributed by atoms with E-state index in [4.69, 9.17) is 4.74 Å². The van der Waals surface area contributed by atoms with Crippen LogP contribution < -0.4 is 10.6 Å². The summed E-state index contributed by atoms with van der Waals surface area (Å²) in [5, 5.41) is 5.94. The molecule has 1 aromatic rings. The van der Waals surface area contributed by atoms with Gasteiger partial charge in [0.05, 0.1) is 23.2 Å². The number of amides is 1. The molecule has 2 atom stereocenters. The zero-order valence-electron chi connectivity index (χ0n) is 12.8. The topological polar surface area (TPSA) is 97.4 Å². The van der Waals surface area contributed by atoms with Crippen LogP contribution in [-0.4, -0.2) is 56.1 Å². The van der Waals surface area contributed by atoms with E-state index in [0.29, 0.717) is 24.3 Å². The molecule has 126 valence electrons. The highest BCUT2D eigenvalue weighted by atomic mass is 32.2. The van der Waals surface area contributed by atoms with Gasteiger partial charge >= 0.3 is 0 Å². The Morgan fingerprint density at radius 2 is 2.22 bits per heavy atom. The fourth-order valence-electron chi connectivity index (χ4n) is 2.85. The smallest absolute Gasteiger partial charge is 0.252 e. The van der Waals surface area contributed by atoms with E-state index in [2.05, 4.69) is 15.6 Å². The maximum atomic E-state index is 12.0. The standard InChI is InChI=1S/C15H21N3O4S/c19-15(17-9-13-2-1-6-22-13)11-3-4-14(16-8-11)18-12-5-7-23(20,21)10-12/h3-4,8,12-13H,1-2,5-7,9-10H2,(H,16,18)(H,17,19). The Kier molecular flexibility index (Phi) is 4.82. The van der Waals surface area contributed by atoms with Crippen LogP contribution in [0, 0.1) is 0 Å². The maximum Gasteiger partial charge on any atom is 0.252 e. The summed E-state index contributed by atoms with van der Waals surface area (Å²) in [5.74, 6) is 0.762. The van der Waals surface area contributed by atoms with Crippen molar-refractivity contribution in [3.63, 3.8) is 0 Å². The molecule has 0 radical (unpaired) electrons. The number of hydrogen-bond donors (Lipinski definition) is 2. The van der Waals surface area contributed by atoms with Crippen LogP contribution in [0.25, 0.3) is 0 Å². The summed E-state index contributed by atoms with van der Waals surface area (Å²) >= 11 is 0. The normalized spacial score (nSPS) is 26.1. The molecule has 2 N–H and O–H groups in total. The van der Waals surface area contributed by atoms with Crippen LogP contribution in [0.2, 0.25) is 0 Å². The predicted octanol–water partition coefficient (Wildman–Crippen LogP) is 0.589. The number of nitrogens with one attached hydrogen (secondary N) is 2. The van der Waals surface area contributed by atoms with Crippen LogP contribution in [0.1, 0.15) is 29.6 Å². The molecular weight excluding hydrogens is 318 g/mol. The lowest BCUT2D eigenvalue weighted by atomic mass is 10.2. The first-order valence-corrected chi connectivity index (χ1v) is 9.67. The Labute approximate surface area is 135 Å². The number of aromatic nitrogens is 1. The van der Waals surface area contributed by atoms with Gasteiger partial charge in [-0.05, 0) is 31.4 Å². The average Bonchev–Trinajstić information content (AvgIpc) is 3.15. The second-order valence-corrected chi connectivity index (χ2v) is 8.25. The Morgan fingerprint density at radius 3 is 2.83 bits per heavy atom. The predicted molar refractivity (Wildman–Crippen MR) is 86.2 cm³/mol. The van der Waals surface area contributed by atoms with E-state index in [1.807, 2.05) is 0 Å². The summed E-state index contributed by atoms with van der Waals surface area (Å²) < 4.78 is 28.3. The highest BCUT2D eigenvalue weighted by Crippen LogP contribution is 2.16. The first-order chi connectivity index (χ1) is 11.0. The molecule has 0 bridgehead atoms. The van der Waals surface area contributed by atoms with E-state index < -0.39 is 9.84 Å². The molecule has 7 nitrogen and oxygen atoms in total. The molecule has 0 saturated carbocycles. The third-order valence-electron chi connectivity index (χ3n) is 4.12. The number of rotatable bonds is 5. The third kappa shape index (κ3) is 4.42. The molecule has 3 rings (SSSR count). The van der Waals surface area contributed by atoms with Crippen molar-refractivity contribution < 1.29 is 17.9 Å². The molecule has 3 heterocycles. The molecular formula is C15H21N3O4S. The molecule has 0 aliphatic carbocycles. The number of nitrogens with zero attached hydrogens (tertiary/aromatic N) is 1. The molecule has 0 spiro atoms. The first kappa shape index (κ1) is 16.2. The molecule has 2 unspecified atom stereocenters. The van der Waals surface area contributed by atoms with Gasteiger partial charge in [-0.2, -0.15) is 0 Å². The summed E-state index contributed by atoms with van der Waals surface area (Å²) in [6, 6.07) is 3.28. The lowest BCUT2D eigenvalue weighted by Crippen LogP contribution is -2.31. The lowest BCUT2D eigenvalue weighted by molar-refractivity contribution is 0.0857. The largest absolute Gasteiger partial charge is 0.376 e. The van der Waals surface area contributed by atoms with Crippen molar-refractivity contribution >= 4 is 21.6 Å². The fraction of sp³-hybridized carbons (Fsp3) is 0.600. The lowest BCUT2D eigenvalue weighted by Gasteiger charge is -2.12. The van der Waals surface area contributed by atoms with Crippen LogP contribution in [0.15, 0.2) is 18.3 Å². The zero-order valence-corrected chi connectivity index (χ0v) is 13.6. The first-order valence-electron chi connectivity index (χ1n) is 7.85. The molecule has 2 aliphatic heterocycles. The second kappa shape index (κ2) is 6.84. The average molecular weight is 339 g/mol. The van der Waals surface area contributed by atoms with Crippen LogP contribution in [0.5, 0.6) is 0 Å². The third-order valence-corrected chi connectivity index (χ3v) is 5.89. The SMILES string of the molecule is O=C(NCC1CCCO1)c1ccc(NC2CCS(=O)(=O)C2)nc1. The number of sulfone groups is 1. The van der Waals surface area contributed by atoms with Crippen LogP contribution in [0.3, 0.4) is 0 Å². The van der Waals surface area contributed by atoms with E-state index in [1.54, 1.807) is 12.1 Å². The fourth-order valence-corrected chi connectivity index (χ4v) is 4.52. The highest BCUT2D eigenvalue weighted by Gasteiger charge is 2.27. The van der Waals surface area contributed by atoms with E-state index in [0.717, 1.165) is 19.4 Å². The van der Waals surface area contributed by atoms with E-state index in [9.17, 15) is 13.2 Å². The molecule has 2 saturated heterocycles. The van der Waals surface area contributed by atoms with Gasteiger partial charge < -0.3 is 15.4 Å². The quantitative estimate of drug-likeness (QED) is 0.815. The van der Waals surface area contributed by atoms with Crippen molar-refractivity contribution in [1.82, 2.24) is 10.3 Å². The van der Waals surface area contributed by atoms with Crippen LogP contribution in [0.4, 0.5) is 5.82 Å². The minimum absolute atomic E-state index is 0.105. The Hall–Kier alpha value is -1.67. The van der Waals surface area contributed by atoms with Crippen LogP contribution >= 0.6 is 0 Å². The monoisotopic (exact) mass is 339 g/mol. The number of ether oxygens (including phenoxy) is 1. The van der Waals surface area contributed by atoms with Gasteiger partial charge in [0.2, 0.25) is 0 Å². The summed E-state index contributed by atoms with van der Waals surface area (Å²) in [6.45, 7) is 1.28. The second-order valence-electron chi connectivity index (χ2n) is 6.02. The number of carbonyl (C=O) groups is 1. The molecule has 1 amide bonds. The molecule has 2 aliphatic rings. The van der Waals surface area contributed by atoms with Crippen molar-refractivity contribution in [2.24, 2.45) is 0 Å². The van der Waals surface area contributed by atoms with Gasteiger partial charge in [-0.25, -0.2) is 13.4 Å². The zero-order chi connectivity index (χ0) is 16.3. The summed E-state index contributed by atoms with van der Waals surface area (Å²) in [5.41, 5.74) is 0.479. The minimum atomic E-state index is -2.92. The van der Waals surface area contributed by atoms with Gasteiger partial charge in [0, 0.05) is 25.4 Å². The number of hydrogen-bond acceptors (Lipinski definition) is 6. The number of pyridine rings is 1. The maximum absolute atomic E-state index is 12.0. The van der Waals surface area contributed by atoms with Crippen molar-refractivity contribution in [3.8, 4) is 0 Å². The molecule has 8 heteroatoms. The Morgan fingerprint density at radius 1 is 1.35 bits per heavy atom. The van der Waals surface area contributed by atoms with Crippen molar-refractivity contribution in [2.75, 3.05) is 30.0 Å². The molecule has 0 aromatic carbocycles. The van der Waals surface area contributed by atoms with Gasteiger partial charge in [-0.3, -0.25) is 4.79 Å². The van der Waals surface area contributed by atoms with Gasteiger partial charge in [-0.1, -0.05) is 0 Å². The van der Waals surface area contributed by atoms with E-state index in [1.165, 1.54) is 6.20 Å². The molecule has 1 aromatic heterocycles. The number of carbonyl (C=O) groups excluding carboxylic acids is 1. The van der Waals surface area contributed by atoms with Gasteiger partial charge in [0.25, 0.3) is 5.91 Å². The van der Waals surface area contributed by atoms with Crippen LogP contribution in [-0.2, 0) is 14.6 Å². The highest BCUT2D eigenvalue weighted by molar-refractivity contribution is 7.91. The minimum Gasteiger partial charge on any atom is -0.376 e.